The van der Waals surface area contributed by atoms with Crippen LogP contribution in [0.5, 0.6) is 0 Å². The van der Waals surface area contributed by atoms with Crippen LogP contribution in [0, 0.1) is 13.8 Å². The van der Waals surface area contributed by atoms with Gasteiger partial charge in [0.25, 0.3) is 0 Å². The highest BCUT2D eigenvalue weighted by Gasteiger charge is 2.17. The Hall–Kier alpha value is -2.88. The van der Waals surface area contributed by atoms with Gasteiger partial charge in [-0.25, -0.2) is 0 Å². The van der Waals surface area contributed by atoms with Crippen LogP contribution < -0.4 is 5.32 Å². The lowest BCUT2D eigenvalue weighted by molar-refractivity contribution is -0.118. The quantitative estimate of drug-likeness (QED) is 0.554. The highest BCUT2D eigenvalue weighted by molar-refractivity contribution is 6.16. The van der Waals surface area contributed by atoms with Gasteiger partial charge < -0.3 is 9.88 Å². The first kappa shape index (κ1) is 16.6. The van der Waals surface area contributed by atoms with Crippen molar-refractivity contribution in [2.24, 2.45) is 0 Å². The second-order valence-electron chi connectivity index (χ2n) is 6.90. The average Bonchev–Trinajstić information content (AvgIpc) is 2.98. The predicted octanol–water partition coefficient (Wildman–Crippen LogP) is 4.49. The molecule has 4 rings (SSSR count). The summed E-state index contributed by atoms with van der Waals surface area (Å²) in [4.78, 5) is 15.5. The van der Waals surface area contributed by atoms with E-state index in [-0.39, 0.29) is 5.91 Å². The third-order valence-electron chi connectivity index (χ3n) is 5.26. The van der Waals surface area contributed by atoms with Crippen LogP contribution in [0.25, 0.3) is 32.6 Å². The third kappa shape index (κ3) is 2.53. The summed E-state index contributed by atoms with van der Waals surface area (Å²) < 4.78 is 2.41. The van der Waals surface area contributed by atoms with Gasteiger partial charge in [0.15, 0.2) is 0 Å². The molecule has 0 radical (unpaired) electrons. The largest absolute Gasteiger partial charge is 0.356 e. The smallest absolute Gasteiger partial charge is 0.216 e. The van der Waals surface area contributed by atoms with Crippen LogP contribution in [0.3, 0.4) is 0 Å². The van der Waals surface area contributed by atoms with E-state index >= 15 is 0 Å². The van der Waals surface area contributed by atoms with Gasteiger partial charge in [-0.2, -0.15) is 0 Å². The summed E-state index contributed by atoms with van der Waals surface area (Å²) >= 11 is 0. The van der Waals surface area contributed by atoms with Crippen LogP contribution in [0.2, 0.25) is 0 Å². The number of nitrogens with one attached hydrogen (secondary N) is 1. The van der Waals surface area contributed by atoms with E-state index in [0.717, 1.165) is 13.0 Å². The molecule has 2 heterocycles. The minimum atomic E-state index is 0.0257. The third-order valence-corrected chi connectivity index (χ3v) is 5.26. The summed E-state index contributed by atoms with van der Waals surface area (Å²) in [6.45, 7) is 7.53. The van der Waals surface area contributed by atoms with Gasteiger partial charge in [-0.3, -0.25) is 9.78 Å². The molecule has 2 aromatic heterocycles. The molecular weight excluding hydrogens is 322 g/mol. The Balaban J connectivity index is 1.98. The lowest BCUT2D eigenvalue weighted by atomic mass is 9.97. The Morgan fingerprint density at radius 1 is 1.08 bits per heavy atom. The fraction of sp³-hybridized carbons (Fsp3) is 0.273. The number of pyridine rings is 1. The van der Waals surface area contributed by atoms with Gasteiger partial charge in [-0.1, -0.05) is 18.2 Å². The van der Waals surface area contributed by atoms with Crippen molar-refractivity contribution < 1.29 is 4.79 Å². The zero-order valence-corrected chi connectivity index (χ0v) is 15.5. The van der Waals surface area contributed by atoms with Crippen LogP contribution in [0.15, 0.2) is 42.7 Å². The average molecular weight is 345 g/mol. The van der Waals surface area contributed by atoms with E-state index in [1.165, 1.54) is 43.7 Å². The first-order chi connectivity index (χ1) is 12.6. The molecule has 1 N–H and O–H groups in total. The number of hydrogen-bond acceptors (Lipinski definition) is 2. The van der Waals surface area contributed by atoms with E-state index in [1.807, 2.05) is 12.4 Å². The van der Waals surface area contributed by atoms with Crippen molar-refractivity contribution in [3.63, 3.8) is 0 Å². The van der Waals surface area contributed by atoms with Crippen molar-refractivity contribution >= 4 is 38.5 Å². The monoisotopic (exact) mass is 345 g/mol. The molecule has 0 spiro atoms. The Bertz CT molecular complexity index is 1140. The number of aryl methyl sites for hydroxylation is 3. The van der Waals surface area contributed by atoms with Gasteiger partial charge >= 0.3 is 0 Å². The maximum absolute atomic E-state index is 11.2. The van der Waals surface area contributed by atoms with Gasteiger partial charge in [-0.05, 0) is 48.9 Å². The second kappa shape index (κ2) is 6.45. The molecule has 4 heteroatoms. The lowest BCUT2D eigenvalue weighted by Gasteiger charge is -2.13. The van der Waals surface area contributed by atoms with Gasteiger partial charge in [0.1, 0.15) is 0 Å². The number of nitrogens with zero attached hydrogens (tertiary/aromatic N) is 2. The molecule has 0 atom stereocenters. The Labute approximate surface area is 152 Å². The Morgan fingerprint density at radius 2 is 1.88 bits per heavy atom. The summed E-state index contributed by atoms with van der Waals surface area (Å²) in [7, 11) is 0. The van der Waals surface area contributed by atoms with E-state index in [2.05, 4.69) is 59.0 Å². The Morgan fingerprint density at radius 3 is 2.69 bits per heavy atom. The molecule has 26 heavy (non-hydrogen) atoms. The number of hydrogen-bond donors (Lipinski definition) is 1. The summed E-state index contributed by atoms with van der Waals surface area (Å²) in [6, 6.07) is 10.7. The van der Waals surface area contributed by atoms with E-state index in [1.54, 1.807) is 6.92 Å². The van der Waals surface area contributed by atoms with Crippen molar-refractivity contribution in [3.05, 3.63) is 53.9 Å². The standard InChI is InChI=1S/C22H23N3O/c1-14-19-13-23-11-9-17(19)15(2)22-21(14)18-7-4-5-8-20(18)25(22)12-6-10-24-16(3)26/h4-5,7-9,11,13H,6,10,12H2,1-3H3,(H,24,26). The fourth-order valence-electron chi connectivity index (χ4n) is 4.09. The molecule has 132 valence electrons. The van der Waals surface area contributed by atoms with Crippen LogP contribution in [0.4, 0.5) is 0 Å². The van der Waals surface area contributed by atoms with E-state index < -0.39 is 0 Å². The summed E-state index contributed by atoms with van der Waals surface area (Å²) in [5.41, 5.74) is 5.12. The number of carbonyl (C=O) groups excluding carboxylic acids is 1. The highest BCUT2D eigenvalue weighted by Crippen LogP contribution is 2.38. The van der Waals surface area contributed by atoms with Crippen molar-refractivity contribution in [2.45, 2.75) is 33.7 Å². The molecular formula is C22H23N3O. The molecule has 0 unspecified atom stereocenters. The fourth-order valence-corrected chi connectivity index (χ4v) is 4.09. The first-order valence-electron chi connectivity index (χ1n) is 9.08. The maximum atomic E-state index is 11.2. The number of para-hydroxylation sites is 1. The summed E-state index contributed by atoms with van der Waals surface area (Å²) in [6.07, 6.45) is 4.74. The molecule has 0 saturated heterocycles. The number of aromatic nitrogens is 2. The highest BCUT2D eigenvalue weighted by atomic mass is 16.1. The lowest BCUT2D eigenvalue weighted by Crippen LogP contribution is -2.22. The van der Waals surface area contributed by atoms with Gasteiger partial charge in [0.05, 0.1) is 5.52 Å². The molecule has 2 aromatic carbocycles. The molecule has 0 aliphatic rings. The van der Waals surface area contributed by atoms with Gasteiger partial charge in [0, 0.05) is 54.1 Å². The molecule has 4 aromatic rings. The molecule has 4 nitrogen and oxygen atoms in total. The molecule has 0 fully saturated rings. The molecule has 0 aliphatic carbocycles. The van der Waals surface area contributed by atoms with Crippen LogP contribution in [0.1, 0.15) is 24.5 Å². The normalized spacial score (nSPS) is 11.5. The minimum absolute atomic E-state index is 0.0257. The summed E-state index contributed by atoms with van der Waals surface area (Å²) in [5.74, 6) is 0.0257. The topological polar surface area (TPSA) is 46.9 Å². The van der Waals surface area contributed by atoms with E-state index in [9.17, 15) is 4.79 Å². The zero-order valence-electron chi connectivity index (χ0n) is 15.5. The van der Waals surface area contributed by atoms with Crippen LogP contribution >= 0.6 is 0 Å². The molecule has 0 saturated carbocycles. The zero-order chi connectivity index (χ0) is 18.3. The molecule has 1 amide bonds. The van der Waals surface area contributed by atoms with Crippen molar-refractivity contribution in [1.29, 1.82) is 0 Å². The maximum Gasteiger partial charge on any atom is 0.216 e. The van der Waals surface area contributed by atoms with Crippen molar-refractivity contribution in [3.8, 4) is 0 Å². The second-order valence-corrected chi connectivity index (χ2v) is 6.90. The Kier molecular flexibility index (Phi) is 4.11. The van der Waals surface area contributed by atoms with E-state index in [0.29, 0.717) is 6.54 Å². The van der Waals surface area contributed by atoms with Gasteiger partial charge in [0.2, 0.25) is 5.91 Å². The number of benzene rings is 2. The first-order valence-corrected chi connectivity index (χ1v) is 9.08. The molecule has 0 bridgehead atoms. The number of fused-ring (bicyclic) bond motifs is 4. The van der Waals surface area contributed by atoms with Crippen molar-refractivity contribution in [1.82, 2.24) is 14.9 Å². The van der Waals surface area contributed by atoms with Gasteiger partial charge in [-0.15, -0.1) is 0 Å². The minimum Gasteiger partial charge on any atom is -0.356 e. The number of amides is 1. The SMILES string of the molecule is CC(=O)NCCCn1c2ccccc2c2c(C)c3cnccc3c(C)c21. The predicted molar refractivity (Wildman–Crippen MR) is 108 cm³/mol. The number of carbonyl (C=O) groups is 1. The van der Waals surface area contributed by atoms with Crippen molar-refractivity contribution in [2.75, 3.05) is 6.54 Å². The van der Waals surface area contributed by atoms with Crippen LogP contribution in [-0.4, -0.2) is 22.0 Å². The van der Waals surface area contributed by atoms with Crippen LogP contribution in [-0.2, 0) is 11.3 Å². The molecule has 0 aliphatic heterocycles. The van der Waals surface area contributed by atoms with E-state index in [4.69, 9.17) is 0 Å². The summed E-state index contributed by atoms with van der Waals surface area (Å²) in [5, 5.41) is 7.98. The number of rotatable bonds is 4.